The molecule has 0 amide bonds. The van der Waals surface area contributed by atoms with Gasteiger partial charge in [0.25, 0.3) is 0 Å². The Labute approximate surface area is 137 Å². The van der Waals surface area contributed by atoms with E-state index in [1.807, 2.05) is 0 Å². The Morgan fingerprint density at radius 2 is 1.96 bits per heavy atom. The van der Waals surface area contributed by atoms with Crippen LogP contribution in [0.1, 0.15) is 30.1 Å². The molecule has 1 saturated heterocycles. The summed E-state index contributed by atoms with van der Waals surface area (Å²) in [7, 11) is -2.43. The molecule has 1 aromatic rings. The standard InChI is InChI=1S/C16H24N2O4S/c1-3-17-12-13-8-10-18(11-9-13)23(20,21)15-7-5-4-6-14(15)16(19)22-2/h4-7,13,17H,3,8-12H2,1-2H3. The molecule has 1 heterocycles. The first-order valence-corrected chi connectivity index (χ1v) is 9.33. The lowest BCUT2D eigenvalue weighted by Gasteiger charge is -2.31. The van der Waals surface area contributed by atoms with Gasteiger partial charge in [-0.25, -0.2) is 13.2 Å². The Morgan fingerprint density at radius 3 is 2.57 bits per heavy atom. The van der Waals surface area contributed by atoms with E-state index in [9.17, 15) is 13.2 Å². The number of nitrogens with zero attached hydrogens (tertiary/aromatic N) is 1. The van der Waals surface area contributed by atoms with Crippen molar-refractivity contribution in [3.05, 3.63) is 29.8 Å². The third-order valence-corrected chi connectivity index (χ3v) is 6.12. The van der Waals surface area contributed by atoms with Crippen molar-refractivity contribution in [2.45, 2.75) is 24.7 Å². The van der Waals surface area contributed by atoms with Gasteiger partial charge < -0.3 is 10.1 Å². The molecule has 0 unspecified atom stereocenters. The van der Waals surface area contributed by atoms with Gasteiger partial charge in [0, 0.05) is 13.1 Å². The number of hydrogen-bond donors (Lipinski definition) is 1. The van der Waals surface area contributed by atoms with Gasteiger partial charge in [-0.1, -0.05) is 19.1 Å². The topological polar surface area (TPSA) is 75.7 Å². The van der Waals surface area contributed by atoms with Crippen molar-refractivity contribution < 1.29 is 17.9 Å². The van der Waals surface area contributed by atoms with Gasteiger partial charge in [-0.15, -0.1) is 0 Å². The molecule has 23 heavy (non-hydrogen) atoms. The summed E-state index contributed by atoms with van der Waals surface area (Å²) in [6, 6.07) is 6.20. The van der Waals surface area contributed by atoms with Crippen LogP contribution in [-0.4, -0.2) is 52.0 Å². The molecule has 0 aromatic heterocycles. The minimum atomic E-state index is -3.68. The molecule has 128 valence electrons. The molecule has 2 rings (SSSR count). The molecule has 0 bridgehead atoms. The second-order valence-corrected chi connectivity index (χ2v) is 7.55. The van der Waals surface area contributed by atoms with Crippen LogP contribution in [0.2, 0.25) is 0 Å². The van der Waals surface area contributed by atoms with Gasteiger partial charge >= 0.3 is 5.97 Å². The van der Waals surface area contributed by atoms with Crippen molar-refractivity contribution in [1.82, 2.24) is 9.62 Å². The van der Waals surface area contributed by atoms with E-state index < -0.39 is 16.0 Å². The number of carbonyl (C=O) groups is 1. The normalized spacial score (nSPS) is 17.1. The second-order valence-electron chi connectivity index (χ2n) is 5.64. The average molecular weight is 340 g/mol. The first kappa shape index (κ1) is 17.9. The number of ether oxygens (including phenoxy) is 1. The molecule has 0 radical (unpaired) electrons. The fourth-order valence-corrected chi connectivity index (χ4v) is 4.46. The second kappa shape index (κ2) is 7.90. The van der Waals surface area contributed by atoms with Crippen LogP contribution in [0.4, 0.5) is 0 Å². The SMILES string of the molecule is CCNCC1CCN(S(=O)(=O)c2ccccc2C(=O)OC)CC1. The fraction of sp³-hybridized carbons (Fsp3) is 0.562. The number of carbonyl (C=O) groups excluding carboxylic acids is 1. The Morgan fingerprint density at radius 1 is 1.30 bits per heavy atom. The van der Waals surface area contributed by atoms with Crippen molar-refractivity contribution in [3.63, 3.8) is 0 Å². The van der Waals surface area contributed by atoms with Crippen LogP contribution in [0.25, 0.3) is 0 Å². The van der Waals surface area contributed by atoms with Crippen LogP contribution in [0.3, 0.4) is 0 Å². The monoisotopic (exact) mass is 340 g/mol. The van der Waals surface area contributed by atoms with Gasteiger partial charge in [0.05, 0.1) is 17.6 Å². The summed E-state index contributed by atoms with van der Waals surface area (Å²) in [4.78, 5) is 11.8. The largest absolute Gasteiger partial charge is 0.465 e. The lowest BCUT2D eigenvalue weighted by molar-refractivity contribution is 0.0596. The molecule has 0 spiro atoms. The first-order valence-electron chi connectivity index (χ1n) is 7.89. The molecule has 0 atom stereocenters. The van der Waals surface area contributed by atoms with E-state index in [-0.39, 0.29) is 10.5 Å². The van der Waals surface area contributed by atoms with Crippen LogP contribution in [0, 0.1) is 5.92 Å². The average Bonchev–Trinajstić information content (AvgIpc) is 2.59. The Balaban J connectivity index is 2.16. The third kappa shape index (κ3) is 4.10. The molecule has 6 nitrogen and oxygen atoms in total. The van der Waals surface area contributed by atoms with E-state index >= 15 is 0 Å². The highest BCUT2D eigenvalue weighted by Crippen LogP contribution is 2.26. The summed E-state index contributed by atoms with van der Waals surface area (Å²) in [5.74, 6) is -0.136. The molecule has 7 heteroatoms. The molecular formula is C16H24N2O4S. The highest BCUT2D eigenvalue weighted by Gasteiger charge is 2.32. The Hall–Kier alpha value is -1.44. The van der Waals surface area contributed by atoms with Crippen LogP contribution in [0.15, 0.2) is 29.2 Å². The van der Waals surface area contributed by atoms with E-state index in [0.717, 1.165) is 25.9 Å². The molecular weight excluding hydrogens is 316 g/mol. The van der Waals surface area contributed by atoms with Crippen molar-refractivity contribution in [2.75, 3.05) is 33.3 Å². The number of methoxy groups -OCH3 is 1. The number of hydrogen-bond acceptors (Lipinski definition) is 5. The minimum absolute atomic E-state index is 0.0250. The summed E-state index contributed by atoms with van der Waals surface area (Å²) in [5, 5.41) is 3.31. The van der Waals surface area contributed by atoms with Gasteiger partial charge in [0.15, 0.2) is 0 Å². The molecule has 1 aliphatic rings. The summed E-state index contributed by atoms with van der Waals surface area (Å²) >= 11 is 0. The van der Waals surface area contributed by atoms with Gasteiger partial charge in [0.1, 0.15) is 0 Å². The molecule has 1 fully saturated rings. The molecule has 1 aliphatic heterocycles. The van der Waals surface area contributed by atoms with Gasteiger partial charge in [-0.2, -0.15) is 4.31 Å². The number of piperidine rings is 1. The summed E-state index contributed by atoms with van der Waals surface area (Å²) in [6.07, 6.45) is 1.65. The molecule has 0 aliphatic carbocycles. The minimum Gasteiger partial charge on any atom is -0.465 e. The van der Waals surface area contributed by atoms with Crippen LogP contribution < -0.4 is 5.32 Å². The number of benzene rings is 1. The zero-order valence-electron chi connectivity index (χ0n) is 13.6. The van der Waals surface area contributed by atoms with Crippen molar-refractivity contribution in [3.8, 4) is 0 Å². The smallest absolute Gasteiger partial charge is 0.339 e. The number of nitrogens with one attached hydrogen (secondary N) is 1. The fourth-order valence-electron chi connectivity index (χ4n) is 2.81. The first-order chi connectivity index (χ1) is 11.0. The van der Waals surface area contributed by atoms with Gasteiger partial charge in [-0.3, -0.25) is 0 Å². The summed E-state index contributed by atoms with van der Waals surface area (Å²) in [6.45, 7) is 4.86. The lowest BCUT2D eigenvalue weighted by Crippen LogP contribution is -2.41. The quantitative estimate of drug-likeness (QED) is 0.794. The van der Waals surface area contributed by atoms with Crippen molar-refractivity contribution in [2.24, 2.45) is 5.92 Å². The predicted octanol–water partition coefficient (Wildman–Crippen LogP) is 1.48. The van der Waals surface area contributed by atoms with Crippen LogP contribution >= 0.6 is 0 Å². The number of esters is 1. The Bertz CT molecular complexity index is 637. The van der Waals surface area contributed by atoms with E-state index in [4.69, 9.17) is 4.74 Å². The molecule has 1 N–H and O–H groups in total. The van der Waals surface area contributed by atoms with E-state index in [1.165, 1.54) is 23.5 Å². The maximum atomic E-state index is 12.9. The highest BCUT2D eigenvalue weighted by molar-refractivity contribution is 7.89. The van der Waals surface area contributed by atoms with Crippen molar-refractivity contribution >= 4 is 16.0 Å². The Kier molecular flexibility index (Phi) is 6.15. The van der Waals surface area contributed by atoms with Crippen LogP contribution in [0.5, 0.6) is 0 Å². The predicted molar refractivity (Wildman–Crippen MR) is 87.8 cm³/mol. The van der Waals surface area contributed by atoms with Crippen LogP contribution in [-0.2, 0) is 14.8 Å². The van der Waals surface area contributed by atoms with Gasteiger partial charge in [0.2, 0.25) is 10.0 Å². The zero-order valence-corrected chi connectivity index (χ0v) is 14.4. The summed E-state index contributed by atoms with van der Waals surface area (Å²) < 4.78 is 31.9. The third-order valence-electron chi connectivity index (χ3n) is 4.17. The van der Waals surface area contributed by atoms with E-state index in [0.29, 0.717) is 19.0 Å². The van der Waals surface area contributed by atoms with Gasteiger partial charge in [-0.05, 0) is 44.0 Å². The maximum Gasteiger partial charge on any atom is 0.339 e. The number of sulfonamides is 1. The highest BCUT2D eigenvalue weighted by atomic mass is 32.2. The summed E-state index contributed by atoms with van der Waals surface area (Å²) in [5.41, 5.74) is 0.0878. The lowest BCUT2D eigenvalue weighted by atomic mass is 9.98. The molecule has 0 saturated carbocycles. The number of rotatable bonds is 6. The molecule has 1 aromatic carbocycles. The van der Waals surface area contributed by atoms with E-state index in [2.05, 4.69) is 12.2 Å². The van der Waals surface area contributed by atoms with E-state index in [1.54, 1.807) is 12.1 Å². The van der Waals surface area contributed by atoms with Crippen molar-refractivity contribution in [1.29, 1.82) is 0 Å². The maximum absolute atomic E-state index is 12.9. The zero-order chi connectivity index (χ0) is 16.9.